The Kier molecular flexibility index (Phi) is 9.45. The average Bonchev–Trinajstić information content (AvgIpc) is 3.34. The summed E-state index contributed by atoms with van der Waals surface area (Å²) in [5, 5.41) is 5.84. The number of aromatic nitrogens is 4. The van der Waals surface area contributed by atoms with Crippen LogP contribution in [-0.2, 0) is 22.4 Å². The third-order valence-corrected chi connectivity index (χ3v) is 13.9. The van der Waals surface area contributed by atoms with Crippen molar-refractivity contribution in [3.8, 4) is 17.1 Å². The number of hydrogen-bond acceptors (Lipinski definition) is 6. The molecule has 41 heavy (non-hydrogen) atoms. The molecule has 7 nitrogen and oxygen atoms in total. The molecule has 0 saturated heterocycles. The molecule has 4 aromatic rings. The SMILES string of the molecule is CCC[C@H](N[S+]([O-])C(C)(C)C)c1cccc(-c2ccc3cnn(-c4cccc(CO[Si](C)(C)C(C)(C)C)n4)c3c2)n1. The minimum absolute atomic E-state index is 0.0882. The van der Waals surface area contributed by atoms with Gasteiger partial charge in [0, 0.05) is 22.3 Å². The topological polar surface area (TPSA) is 87.9 Å². The van der Waals surface area contributed by atoms with E-state index in [0.717, 1.165) is 52.2 Å². The van der Waals surface area contributed by atoms with Gasteiger partial charge >= 0.3 is 0 Å². The summed E-state index contributed by atoms with van der Waals surface area (Å²) in [7, 11) is -1.89. The molecule has 0 radical (unpaired) electrons. The van der Waals surface area contributed by atoms with Gasteiger partial charge in [0.2, 0.25) is 0 Å². The molecule has 1 unspecified atom stereocenters. The van der Waals surface area contributed by atoms with Crippen LogP contribution in [0.2, 0.25) is 18.1 Å². The molecule has 0 fully saturated rings. The molecule has 0 amide bonds. The number of nitrogens with one attached hydrogen (secondary N) is 1. The van der Waals surface area contributed by atoms with Gasteiger partial charge in [-0.1, -0.05) is 58.4 Å². The Morgan fingerprint density at radius 2 is 1.73 bits per heavy atom. The fourth-order valence-corrected chi connectivity index (χ4v) is 5.96. The second-order valence-electron chi connectivity index (χ2n) is 13.2. The molecule has 0 saturated carbocycles. The molecule has 0 aliphatic carbocycles. The first-order valence-electron chi connectivity index (χ1n) is 14.4. The Bertz CT molecular complexity index is 1470. The average molecular weight is 592 g/mol. The number of nitrogens with zero attached hydrogens (tertiary/aromatic N) is 4. The first-order valence-corrected chi connectivity index (χ1v) is 18.5. The molecule has 0 bridgehead atoms. The van der Waals surface area contributed by atoms with Gasteiger partial charge in [-0.3, -0.25) is 4.98 Å². The smallest absolute Gasteiger partial charge is 0.192 e. The summed E-state index contributed by atoms with van der Waals surface area (Å²) < 4.78 is 24.1. The minimum atomic E-state index is -1.89. The van der Waals surface area contributed by atoms with Crippen LogP contribution in [0.5, 0.6) is 0 Å². The molecular formula is C32H45N5O2SSi. The van der Waals surface area contributed by atoms with Crippen LogP contribution < -0.4 is 4.72 Å². The molecule has 1 aromatic carbocycles. The summed E-state index contributed by atoms with van der Waals surface area (Å²) in [4.78, 5) is 9.92. The van der Waals surface area contributed by atoms with E-state index in [1.165, 1.54) is 0 Å². The van der Waals surface area contributed by atoms with Gasteiger partial charge in [-0.15, -0.1) is 4.72 Å². The molecule has 9 heteroatoms. The van der Waals surface area contributed by atoms with Crippen LogP contribution in [0.15, 0.2) is 60.8 Å². The van der Waals surface area contributed by atoms with Crippen molar-refractivity contribution in [2.45, 2.75) is 96.8 Å². The van der Waals surface area contributed by atoms with Gasteiger partial charge in [-0.25, -0.2) is 9.67 Å². The maximum Gasteiger partial charge on any atom is 0.192 e. The summed E-state index contributed by atoms with van der Waals surface area (Å²) in [5.41, 5.74) is 4.61. The van der Waals surface area contributed by atoms with Crippen LogP contribution in [-0.4, -0.2) is 37.4 Å². The van der Waals surface area contributed by atoms with Gasteiger partial charge in [0.25, 0.3) is 0 Å². The molecule has 4 rings (SSSR count). The van der Waals surface area contributed by atoms with E-state index in [4.69, 9.17) is 14.4 Å². The maximum atomic E-state index is 12.9. The standard InChI is InChI=1S/C32H45N5O2SSi/c1-10-13-28(36-40(38)31(2,3)4)27-16-12-15-26(35-27)23-18-19-24-21-33-37(29(24)20-23)30-17-11-14-25(34-30)22-39-41(8,9)32(5,6)7/h11-12,14-21,28,36H,10,13,22H2,1-9H3/t28-,40?/m0/s1. The van der Waals surface area contributed by atoms with Crippen LogP contribution in [0.4, 0.5) is 0 Å². The van der Waals surface area contributed by atoms with Crippen LogP contribution in [0.3, 0.4) is 0 Å². The molecule has 3 aromatic heterocycles. The molecular weight excluding hydrogens is 547 g/mol. The van der Waals surface area contributed by atoms with Gasteiger partial charge in [0.1, 0.15) is 4.75 Å². The zero-order valence-corrected chi connectivity index (χ0v) is 27.8. The zero-order chi connectivity index (χ0) is 30.0. The van der Waals surface area contributed by atoms with Crippen LogP contribution in [0, 0.1) is 0 Å². The Morgan fingerprint density at radius 1 is 1.00 bits per heavy atom. The van der Waals surface area contributed by atoms with Crippen molar-refractivity contribution in [2.24, 2.45) is 0 Å². The Hall–Kier alpha value is -2.56. The van der Waals surface area contributed by atoms with Crippen molar-refractivity contribution in [2.75, 3.05) is 0 Å². The lowest BCUT2D eigenvalue weighted by atomic mass is 10.1. The quantitative estimate of drug-likeness (QED) is 0.149. The molecule has 0 spiro atoms. The highest BCUT2D eigenvalue weighted by Crippen LogP contribution is 2.37. The van der Waals surface area contributed by atoms with E-state index in [0.29, 0.717) is 6.61 Å². The second-order valence-corrected chi connectivity index (χ2v) is 20.0. The number of benzene rings is 1. The second kappa shape index (κ2) is 12.4. The molecule has 3 heterocycles. The molecule has 2 atom stereocenters. The van der Waals surface area contributed by atoms with E-state index in [9.17, 15) is 4.55 Å². The summed E-state index contributed by atoms with van der Waals surface area (Å²) >= 11 is -1.19. The highest BCUT2D eigenvalue weighted by Gasteiger charge is 2.37. The molecule has 1 N–H and O–H groups in total. The van der Waals surface area contributed by atoms with Crippen molar-refractivity contribution in [1.29, 1.82) is 0 Å². The summed E-state index contributed by atoms with van der Waals surface area (Å²) in [6, 6.07) is 18.2. The first kappa shape index (κ1) is 31.4. The number of pyridine rings is 2. The first-order chi connectivity index (χ1) is 19.2. The van der Waals surface area contributed by atoms with E-state index in [2.05, 4.69) is 68.8 Å². The lowest BCUT2D eigenvalue weighted by Gasteiger charge is -2.36. The van der Waals surface area contributed by atoms with Crippen molar-refractivity contribution in [3.63, 3.8) is 0 Å². The molecule has 0 aliphatic heterocycles. The van der Waals surface area contributed by atoms with Gasteiger partial charge in [-0.05, 0) is 75.7 Å². The van der Waals surface area contributed by atoms with Crippen LogP contribution >= 0.6 is 0 Å². The molecule has 220 valence electrons. The van der Waals surface area contributed by atoms with Crippen molar-refractivity contribution in [3.05, 3.63) is 72.2 Å². The van der Waals surface area contributed by atoms with E-state index < -0.39 is 19.7 Å². The van der Waals surface area contributed by atoms with Crippen molar-refractivity contribution >= 4 is 30.6 Å². The van der Waals surface area contributed by atoms with E-state index in [-0.39, 0.29) is 15.8 Å². The lowest BCUT2D eigenvalue weighted by Crippen LogP contribution is -2.41. The molecule has 0 aliphatic rings. The number of rotatable bonds is 10. The summed E-state index contributed by atoms with van der Waals surface area (Å²) in [6.45, 7) is 19.8. The third-order valence-electron chi connectivity index (χ3n) is 7.77. The van der Waals surface area contributed by atoms with Crippen molar-refractivity contribution in [1.82, 2.24) is 24.5 Å². The lowest BCUT2D eigenvalue weighted by molar-refractivity contribution is 0.272. The van der Waals surface area contributed by atoms with Crippen molar-refractivity contribution < 1.29 is 8.98 Å². The highest BCUT2D eigenvalue weighted by atomic mass is 32.2. The van der Waals surface area contributed by atoms with E-state index in [1.807, 2.05) is 68.0 Å². The summed E-state index contributed by atoms with van der Waals surface area (Å²) in [6.07, 6.45) is 3.68. The zero-order valence-electron chi connectivity index (χ0n) is 26.0. The van der Waals surface area contributed by atoms with Gasteiger partial charge in [0.05, 0.1) is 41.4 Å². The fraction of sp³-hybridized carbons (Fsp3) is 0.469. The Labute approximate surface area is 249 Å². The van der Waals surface area contributed by atoms with Crippen LogP contribution in [0.25, 0.3) is 28.0 Å². The van der Waals surface area contributed by atoms with E-state index in [1.54, 1.807) is 0 Å². The number of fused-ring (bicyclic) bond motifs is 1. The maximum absolute atomic E-state index is 12.9. The summed E-state index contributed by atoms with van der Waals surface area (Å²) in [5.74, 6) is 0.757. The monoisotopic (exact) mass is 591 g/mol. The van der Waals surface area contributed by atoms with E-state index >= 15 is 0 Å². The number of hydrogen-bond donors (Lipinski definition) is 1. The predicted octanol–water partition coefficient (Wildman–Crippen LogP) is 7.90. The predicted molar refractivity (Wildman–Crippen MR) is 173 cm³/mol. The van der Waals surface area contributed by atoms with Crippen LogP contribution in [0.1, 0.15) is 78.7 Å². The Morgan fingerprint density at radius 3 is 2.41 bits per heavy atom. The minimum Gasteiger partial charge on any atom is -0.598 e. The highest BCUT2D eigenvalue weighted by molar-refractivity contribution is 7.90. The van der Waals surface area contributed by atoms with Gasteiger partial charge in [-0.2, -0.15) is 5.10 Å². The fourth-order valence-electron chi connectivity index (χ4n) is 4.16. The largest absolute Gasteiger partial charge is 0.598 e. The van der Waals surface area contributed by atoms with Gasteiger partial charge in [0.15, 0.2) is 14.1 Å². The van der Waals surface area contributed by atoms with Gasteiger partial charge < -0.3 is 8.98 Å². The third kappa shape index (κ3) is 7.45. The Balaban J connectivity index is 1.63. The normalized spacial score (nSPS) is 14.4.